The molecule has 1 heterocycles. The van der Waals surface area contributed by atoms with Gasteiger partial charge in [0.15, 0.2) is 0 Å². The molecule has 0 N–H and O–H groups in total. The van der Waals surface area contributed by atoms with Gasteiger partial charge in [-0.25, -0.2) is 0 Å². The fraction of sp³-hybridized carbons (Fsp3) is 0.647. The third kappa shape index (κ3) is 4.61. The lowest BCUT2D eigenvalue weighted by Gasteiger charge is -2.32. The lowest BCUT2D eigenvalue weighted by molar-refractivity contribution is 0.153. The van der Waals surface area contributed by atoms with Crippen LogP contribution in [0.15, 0.2) is 18.2 Å². The SMILES string of the molecule is COc1cc(N(C)C)ccc1CCCN1CCN(C)CC1. The van der Waals surface area contributed by atoms with Gasteiger partial charge in [0.25, 0.3) is 0 Å². The van der Waals surface area contributed by atoms with Crippen molar-refractivity contribution in [2.24, 2.45) is 0 Å². The van der Waals surface area contributed by atoms with Crippen LogP contribution in [0.4, 0.5) is 5.69 Å². The van der Waals surface area contributed by atoms with Gasteiger partial charge in [0, 0.05) is 52.0 Å². The van der Waals surface area contributed by atoms with Crippen LogP contribution in [0, 0.1) is 0 Å². The predicted molar refractivity (Wildman–Crippen MR) is 89.6 cm³/mol. The molecule has 0 aliphatic carbocycles. The highest BCUT2D eigenvalue weighted by Gasteiger charge is 2.13. The van der Waals surface area contributed by atoms with Crippen LogP contribution in [-0.2, 0) is 6.42 Å². The second-order valence-corrected chi connectivity index (χ2v) is 6.14. The topological polar surface area (TPSA) is 19.0 Å². The van der Waals surface area contributed by atoms with Crippen molar-refractivity contribution in [1.29, 1.82) is 0 Å². The molecule has 1 fully saturated rings. The molecule has 1 aliphatic rings. The largest absolute Gasteiger partial charge is 0.496 e. The lowest BCUT2D eigenvalue weighted by Crippen LogP contribution is -2.44. The van der Waals surface area contributed by atoms with Crippen LogP contribution in [0.2, 0.25) is 0 Å². The molecule has 0 saturated carbocycles. The van der Waals surface area contributed by atoms with E-state index in [9.17, 15) is 0 Å². The van der Waals surface area contributed by atoms with Crippen LogP contribution in [-0.4, -0.2) is 70.8 Å². The molecule has 0 bridgehead atoms. The van der Waals surface area contributed by atoms with E-state index in [-0.39, 0.29) is 0 Å². The molecule has 0 radical (unpaired) electrons. The zero-order valence-corrected chi connectivity index (χ0v) is 13.9. The molecule has 21 heavy (non-hydrogen) atoms. The number of piperazine rings is 1. The lowest BCUT2D eigenvalue weighted by atomic mass is 10.1. The maximum atomic E-state index is 5.55. The standard InChI is InChI=1S/C17H29N3O/c1-18(2)16-8-7-15(17(14-16)21-4)6-5-9-20-12-10-19(3)11-13-20/h7-8,14H,5-6,9-13H2,1-4H3. The molecule has 0 atom stereocenters. The maximum Gasteiger partial charge on any atom is 0.124 e. The van der Waals surface area contributed by atoms with Gasteiger partial charge in [-0.05, 0) is 38.1 Å². The quantitative estimate of drug-likeness (QED) is 0.797. The molecule has 4 heteroatoms. The Labute approximate surface area is 129 Å². The first-order valence-electron chi connectivity index (χ1n) is 7.85. The molecule has 2 rings (SSSR count). The van der Waals surface area contributed by atoms with Gasteiger partial charge in [-0.3, -0.25) is 0 Å². The summed E-state index contributed by atoms with van der Waals surface area (Å²) in [6.45, 7) is 5.98. The summed E-state index contributed by atoms with van der Waals surface area (Å²) in [6.07, 6.45) is 2.28. The fourth-order valence-electron chi connectivity index (χ4n) is 2.78. The van der Waals surface area contributed by atoms with Crippen molar-refractivity contribution in [2.75, 3.05) is 65.9 Å². The summed E-state index contributed by atoms with van der Waals surface area (Å²) >= 11 is 0. The zero-order chi connectivity index (χ0) is 15.2. The van der Waals surface area contributed by atoms with Gasteiger partial charge in [-0.1, -0.05) is 6.07 Å². The van der Waals surface area contributed by atoms with E-state index < -0.39 is 0 Å². The number of methoxy groups -OCH3 is 1. The number of nitrogens with zero attached hydrogens (tertiary/aromatic N) is 3. The smallest absolute Gasteiger partial charge is 0.124 e. The number of rotatable bonds is 6. The van der Waals surface area contributed by atoms with Gasteiger partial charge in [-0.2, -0.15) is 0 Å². The van der Waals surface area contributed by atoms with Crippen molar-refractivity contribution in [1.82, 2.24) is 9.80 Å². The van der Waals surface area contributed by atoms with E-state index in [1.807, 2.05) is 0 Å². The molecule has 1 saturated heterocycles. The second-order valence-electron chi connectivity index (χ2n) is 6.14. The molecule has 118 valence electrons. The highest BCUT2D eigenvalue weighted by molar-refractivity contribution is 5.52. The minimum atomic E-state index is 1.01. The van der Waals surface area contributed by atoms with Crippen LogP contribution >= 0.6 is 0 Å². The third-order valence-corrected chi connectivity index (χ3v) is 4.30. The third-order valence-electron chi connectivity index (χ3n) is 4.30. The maximum absolute atomic E-state index is 5.55. The molecular formula is C17H29N3O. The Kier molecular flexibility index (Phi) is 5.88. The van der Waals surface area contributed by atoms with Crippen LogP contribution < -0.4 is 9.64 Å². The number of hydrogen-bond acceptors (Lipinski definition) is 4. The minimum Gasteiger partial charge on any atom is -0.496 e. The Morgan fingerprint density at radius 2 is 1.86 bits per heavy atom. The van der Waals surface area contributed by atoms with Crippen molar-refractivity contribution < 1.29 is 4.74 Å². The van der Waals surface area contributed by atoms with Crippen LogP contribution in [0.3, 0.4) is 0 Å². The van der Waals surface area contributed by atoms with Gasteiger partial charge in [0.1, 0.15) is 5.75 Å². The summed E-state index contributed by atoms with van der Waals surface area (Å²) in [4.78, 5) is 7.08. The molecule has 1 aromatic rings. The van der Waals surface area contributed by atoms with Crippen molar-refractivity contribution >= 4 is 5.69 Å². The van der Waals surface area contributed by atoms with Gasteiger partial charge in [0.05, 0.1) is 7.11 Å². The van der Waals surface area contributed by atoms with Gasteiger partial charge >= 0.3 is 0 Å². The van der Waals surface area contributed by atoms with Crippen LogP contribution in [0.25, 0.3) is 0 Å². The molecule has 0 amide bonds. The average molecular weight is 291 g/mol. The summed E-state index contributed by atoms with van der Waals surface area (Å²) in [7, 11) is 8.08. The summed E-state index contributed by atoms with van der Waals surface area (Å²) in [6, 6.07) is 6.51. The molecule has 1 aliphatic heterocycles. The number of likely N-dealkylation sites (N-methyl/N-ethyl adjacent to an activating group) is 1. The predicted octanol–water partition coefficient (Wildman–Crippen LogP) is 1.94. The Balaban J connectivity index is 1.85. The van der Waals surface area contributed by atoms with Crippen LogP contribution in [0.5, 0.6) is 5.75 Å². The summed E-state index contributed by atoms with van der Waals surface area (Å²) in [5.41, 5.74) is 2.51. The van der Waals surface area contributed by atoms with E-state index >= 15 is 0 Å². The number of anilines is 1. The van der Waals surface area contributed by atoms with Crippen molar-refractivity contribution in [3.05, 3.63) is 23.8 Å². The monoisotopic (exact) mass is 291 g/mol. The number of ether oxygens (including phenoxy) is 1. The van der Waals surface area contributed by atoms with Crippen molar-refractivity contribution in [3.63, 3.8) is 0 Å². The van der Waals surface area contributed by atoms with E-state index in [0.29, 0.717) is 0 Å². The normalized spacial score (nSPS) is 17.0. The zero-order valence-electron chi connectivity index (χ0n) is 13.9. The Hall–Kier alpha value is -1.26. The van der Waals surface area contributed by atoms with Gasteiger partial charge < -0.3 is 19.4 Å². The van der Waals surface area contributed by atoms with E-state index in [4.69, 9.17) is 4.74 Å². The van der Waals surface area contributed by atoms with E-state index in [0.717, 1.165) is 12.2 Å². The van der Waals surface area contributed by atoms with Crippen molar-refractivity contribution in [3.8, 4) is 5.75 Å². The Bertz CT molecular complexity index is 440. The molecule has 0 aromatic heterocycles. The molecule has 1 aromatic carbocycles. The van der Waals surface area contributed by atoms with E-state index in [1.165, 1.54) is 50.4 Å². The first kappa shape index (κ1) is 16.1. The average Bonchev–Trinajstić information content (AvgIpc) is 2.49. The number of aryl methyl sites for hydroxylation is 1. The molecular weight excluding hydrogens is 262 g/mol. The van der Waals surface area contributed by atoms with Crippen molar-refractivity contribution in [2.45, 2.75) is 12.8 Å². The minimum absolute atomic E-state index is 1.01. The Morgan fingerprint density at radius 3 is 2.48 bits per heavy atom. The van der Waals surface area contributed by atoms with Gasteiger partial charge in [0.2, 0.25) is 0 Å². The van der Waals surface area contributed by atoms with Gasteiger partial charge in [-0.15, -0.1) is 0 Å². The van der Waals surface area contributed by atoms with E-state index in [2.05, 4.69) is 54.0 Å². The highest BCUT2D eigenvalue weighted by atomic mass is 16.5. The molecule has 4 nitrogen and oxygen atoms in total. The second kappa shape index (κ2) is 7.66. The first-order chi connectivity index (χ1) is 10.1. The number of benzene rings is 1. The first-order valence-corrected chi connectivity index (χ1v) is 7.85. The summed E-state index contributed by atoms with van der Waals surface area (Å²) in [5, 5.41) is 0. The summed E-state index contributed by atoms with van der Waals surface area (Å²) in [5.74, 6) is 1.01. The molecule has 0 spiro atoms. The summed E-state index contributed by atoms with van der Waals surface area (Å²) < 4.78 is 5.55. The Morgan fingerprint density at radius 1 is 1.14 bits per heavy atom. The number of hydrogen-bond donors (Lipinski definition) is 0. The van der Waals surface area contributed by atoms with E-state index in [1.54, 1.807) is 7.11 Å². The van der Waals surface area contributed by atoms with Crippen LogP contribution in [0.1, 0.15) is 12.0 Å². The molecule has 0 unspecified atom stereocenters. The fourth-order valence-corrected chi connectivity index (χ4v) is 2.78. The highest BCUT2D eigenvalue weighted by Crippen LogP contribution is 2.25.